The number of carbonyl (C=O) groups is 2. The zero-order valence-corrected chi connectivity index (χ0v) is 19.9. The molecular formula is C25H27ClN4O3. The van der Waals surface area contributed by atoms with Gasteiger partial charge in [0.05, 0.1) is 11.6 Å². The van der Waals surface area contributed by atoms with Crippen LogP contribution in [0.25, 0.3) is 21.9 Å². The molecule has 7 nitrogen and oxygen atoms in total. The second kappa shape index (κ2) is 8.56. The summed E-state index contributed by atoms with van der Waals surface area (Å²) in [5, 5.41) is 5.10. The molecule has 0 atom stereocenters. The summed E-state index contributed by atoms with van der Waals surface area (Å²) in [5.41, 5.74) is 8.80. The maximum Gasteiger partial charge on any atom is 0.410 e. The number of halogens is 1. The Bertz CT molecular complexity index is 1230. The lowest BCUT2D eigenvalue weighted by Crippen LogP contribution is -2.61. The van der Waals surface area contributed by atoms with Crippen LogP contribution in [0.15, 0.2) is 42.6 Å². The molecule has 0 radical (unpaired) electrons. The quantitative estimate of drug-likeness (QED) is 0.578. The second-order valence-corrected chi connectivity index (χ2v) is 9.72. The van der Waals surface area contributed by atoms with Crippen molar-refractivity contribution in [2.24, 2.45) is 0 Å². The molecule has 0 unspecified atom stereocenters. The smallest absolute Gasteiger partial charge is 0.410 e. The van der Waals surface area contributed by atoms with E-state index in [0.717, 1.165) is 22.1 Å². The van der Waals surface area contributed by atoms with Gasteiger partial charge >= 0.3 is 6.09 Å². The number of hydrogen-bond donors (Lipinski definition) is 2. The van der Waals surface area contributed by atoms with E-state index in [4.69, 9.17) is 22.1 Å². The molecule has 33 heavy (non-hydrogen) atoms. The van der Waals surface area contributed by atoms with Gasteiger partial charge < -0.3 is 20.7 Å². The van der Waals surface area contributed by atoms with E-state index in [1.165, 1.54) is 0 Å². The van der Waals surface area contributed by atoms with Crippen LogP contribution in [0.3, 0.4) is 0 Å². The van der Waals surface area contributed by atoms with Crippen molar-refractivity contribution in [3.05, 3.63) is 58.7 Å². The van der Waals surface area contributed by atoms with Crippen molar-refractivity contribution in [2.45, 2.75) is 39.3 Å². The molecule has 0 saturated carbocycles. The average molecular weight is 467 g/mol. The van der Waals surface area contributed by atoms with Crippen LogP contribution >= 0.6 is 11.6 Å². The van der Waals surface area contributed by atoms with E-state index in [9.17, 15) is 9.59 Å². The second-order valence-electron chi connectivity index (χ2n) is 9.31. The summed E-state index contributed by atoms with van der Waals surface area (Å²) in [4.78, 5) is 31.0. The Hall–Kier alpha value is -3.32. The number of nitrogens with two attached hydrogens (primary N) is 1. The van der Waals surface area contributed by atoms with Crippen LogP contribution in [0, 0.1) is 6.92 Å². The molecule has 4 rings (SSSR count). The number of ether oxygens (including phenoxy) is 1. The Labute approximate surface area is 197 Å². The summed E-state index contributed by atoms with van der Waals surface area (Å²) >= 11 is 6.43. The van der Waals surface area contributed by atoms with Crippen molar-refractivity contribution in [3.63, 3.8) is 0 Å². The molecule has 1 aliphatic rings. The maximum absolute atomic E-state index is 13.1. The number of anilines is 1. The number of nitrogens with one attached hydrogen (secondary N) is 1. The van der Waals surface area contributed by atoms with Gasteiger partial charge in [-0.1, -0.05) is 35.9 Å². The number of benzene rings is 2. The first kappa shape index (κ1) is 22.9. The van der Waals surface area contributed by atoms with E-state index in [2.05, 4.69) is 10.3 Å². The number of aryl methyl sites for hydroxylation is 1. The summed E-state index contributed by atoms with van der Waals surface area (Å²) in [6.45, 7) is 8.23. The number of nitrogen functional groups attached to an aromatic ring is 1. The molecule has 1 aliphatic heterocycles. The van der Waals surface area contributed by atoms with Crippen molar-refractivity contribution in [1.29, 1.82) is 0 Å². The molecule has 2 heterocycles. The summed E-state index contributed by atoms with van der Waals surface area (Å²) < 4.78 is 5.36. The minimum atomic E-state index is -0.560. The Morgan fingerprint density at radius 1 is 1.21 bits per heavy atom. The van der Waals surface area contributed by atoms with Gasteiger partial charge in [0, 0.05) is 35.3 Å². The van der Waals surface area contributed by atoms with Gasteiger partial charge in [0.25, 0.3) is 5.91 Å². The van der Waals surface area contributed by atoms with Gasteiger partial charge in [0.1, 0.15) is 11.4 Å². The van der Waals surface area contributed by atoms with E-state index in [1.54, 1.807) is 11.1 Å². The first-order valence-corrected chi connectivity index (χ1v) is 11.1. The summed E-state index contributed by atoms with van der Waals surface area (Å²) in [7, 11) is 0. The van der Waals surface area contributed by atoms with Gasteiger partial charge in [-0.3, -0.25) is 4.79 Å². The van der Waals surface area contributed by atoms with Gasteiger partial charge in [-0.05, 0) is 56.3 Å². The molecular weight excluding hydrogens is 440 g/mol. The lowest BCUT2D eigenvalue weighted by atomic mass is 9.96. The first-order valence-electron chi connectivity index (χ1n) is 10.8. The number of likely N-dealkylation sites (tertiary alicyclic amines) is 1. The fourth-order valence-corrected chi connectivity index (χ4v) is 4.26. The van der Waals surface area contributed by atoms with Crippen molar-refractivity contribution in [1.82, 2.24) is 15.2 Å². The van der Waals surface area contributed by atoms with E-state index in [-0.39, 0.29) is 23.9 Å². The van der Waals surface area contributed by atoms with Crippen LogP contribution < -0.4 is 11.1 Å². The minimum Gasteiger partial charge on any atom is -0.444 e. The highest BCUT2D eigenvalue weighted by atomic mass is 35.5. The van der Waals surface area contributed by atoms with Crippen LogP contribution in [0.5, 0.6) is 0 Å². The normalized spacial score (nSPS) is 14.2. The fourth-order valence-electron chi connectivity index (χ4n) is 3.93. The predicted molar refractivity (Wildman–Crippen MR) is 130 cm³/mol. The molecule has 2 aromatic carbocycles. The Morgan fingerprint density at radius 2 is 1.94 bits per heavy atom. The molecule has 1 saturated heterocycles. The van der Waals surface area contributed by atoms with E-state index in [0.29, 0.717) is 29.1 Å². The number of amides is 2. The van der Waals surface area contributed by atoms with Crippen LogP contribution in [0.2, 0.25) is 5.02 Å². The molecule has 2 amide bonds. The number of carbonyl (C=O) groups excluding carboxylic acids is 2. The first-order chi connectivity index (χ1) is 15.5. The molecule has 1 fully saturated rings. The molecule has 8 heteroatoms. The highest BCUT2D eigenvalue weighted by Crippen LogP contribution is 2.34. The summed E-state index contributed by atoms with van der Waals surface area (Å²) in [6.07, 6.45) is 1.27. The number of rotatable bonds is 3. The van der Waals surface area contributed by atoms with Crippen LogP contribution in [0.1, 0.15) is 36.7 Å². The number of nitrogens with zero attached hydrogens (tertiary/aromatic N) is 2. The molecule has 3 N–H and O–H groups in total. The Kier molecular flexibility index (Phi) is 5.93. The number of aromatic nitrogens is 1. The molecule has 172 valence electrons. The van der Waals surface area contributed by atoms with Crippen LogP contribution in [-0.2, 0) is 4.74 Å². The molecule has 0 spiro atoms. The summed E-state index contributed by atoms with van der Waals surface area (Å²) in [5.74, 6) is -0.161. The fraction of sp³-hybridized carbons (Fsp3) is 0.320. The molecule has 0 bridgehead atoms. The van der Waals surface area contributed by atoms with E-state index in [1.807, 2.05) is 64.1 Å². The highest BCUT2D eigenvalue weighted by molar-refractivity contribution is 6.33. The lowest BCUT2D eigenvalue weighted by Gasteiger charge is -2.40. The SMILES string of the molecule is Cc1cccc(Cl)c1-c1ccc2c(C(=O)NC3CN(C(=O)OC(C)(C)C)C3)c(N)ncc2c1. The van der Waals surface area contributed by atoms with Gasteiger partial charge in [0.15, 0.2) is 0 Å². The Balaban J connectivity index is 1.54. The molecule has 1 aromatic heterocycles. The zero-order valence-electron chi connectivity index (χ0n) is 19.1. The highest BCUT2D eigenvalue weighted by Gasteiger charge is 2.35. The maximum atomic E-state index is 13.1. The predicted octanol–water partition coefficient (Wildman–Crippen LogP) is 4.79. The number of fused-ring (bicyclic) bond motifs is 1. The summed E-state index contributed by atoms with van der Waals surface area (Å²) in [6, 6.07) is 11.4. The zero-order chi connectivity index (χ0) is 23.9. The van der Waals surface area contributed by atoms with Gasteiger partial charge in [-0.2, -0.15) is 0 Å². The standard InChI is InChI=1S/C25H27ClN4O3/c1-14-6-5-7-19(26)20(14)15-8-9-18-16(10-15)11-28-22(27)21(18)23(31)29-17-12-30(13-17)24(32)33-25(2,3)4/h5-11,17H,12-13H2,1-4H3,(H2,27,28)(H,29,31). The van der Waals surface area contributed by atoms with Gasteiger partial charge in [0.2, 0.25) is 0 Å². The number of pyridine rings is 1. The third-order valence-electron chi connectivity index (χ3n) is 5.53. The van der Waals surface area contributed by atoms with Crippen LogP contribution in [-0.4, -0.2) is 46.6 Å². The third kappa shape index (κ3) is 4.73. The number of hydrogen-bond acceptors (Lipinski definition) is 5. The third-order valence-corrected chi connectivity index (χ3v) is 5.84. The van der Waals surface area contributed by atoms with Crippen molar-refractivity contribution in [2.75, 3.05) is 18.8 Å². The van der Waals surface area contributed by atoms with E-state index < -0.39 is 5.60 Å². The van der Waals surface area contributed by atoms with Crippen molar-refractivity contribution < 1.29 is 14.3 Å². The van der Waals surface area contributed by atoms with Gasteiger partial charge in [-0.25, -0.2) is 9.78 Å². The molecule has 3 aromatic rings. The van der Waals surface area contributed by atoms with Gasteiger partial charge in [-0.15, -0.1) is 0 Å². The topological polar surface area (TPSA) is 97.5 Å². The average Bonchev–Trinajstić information content (AvgIpc) is 2.68. The van der Waals surface area contributed by atoms with Crippen LogP contribution in [0.4, 0.5) is 10.6 Å². The monoisotopic (exact) mass is 466 g/mol. The van der Waals surface area contributed by atoms with Crippen molar-refractivity contribution >= 4 is 40.2 Å². The lowest BCUT2D eigenvalue weighted by molar-refractivity contribution is 0.00534. The molecule has 0 aliphatic carbocycles. The minimum absolute atomic E-state index is 0.157. The van der Waals surface area contributed by atoms with Crippen molar-refractivity contribution in [3.8, 4) is 11.1 Å². The largest absolute Gasteiger partial charge is 0.444 e. The van der Waals surface area contributed by atoms with E-state index >= 15 is 0 Å². The Morgan fingerprint density at radius 3 is 2.61 bits per heavy atom.